The van der Waals surface area contributed by atoms with E-state index >= 15 is 0 Å². The molecule has 2 heteroatoms. The van der Waals surface area contributed by atoms with Crippen LogP contribution in [0.2, 0.25) is 12.1 Å². The van der Waals surface area contributed by atoms with Crippen LogP contribution in [0.1, 0.15) is 46.5 Å². The van der Waals surface area contributed by atoms with Gasteiger partial charge in [0.15, 0.2) is 0 Å². The zero-order valence-corrected chi connectivity index (χ0v) is 11.1. The van der Waals surface area contributed by atoms with Crippen LogP contribution in [-0.2, 0) is 4.43 Å². The fourth-order valence-corrected chi connectivity index (χ4v) is 5.21. The maximum absolute atomic E-state index is 6.09. The molecule has 84 valence electrons. The van der Waals surface area contributed by atoms with Crippen molar-refractivity contribution < 1.29 is 4.43 Å². The van der Waals surface area contributed by atoms with Gasteiger partial charge in [-0.05, 0) is 18.5 Å². The summed E-state index contributed by atoms with van der Waals surface area (Å²) in [6, 6.07) is 2.51. The van der Waals surface area contributed by atoms with Gasteiger partial charge in [-0.15, -0.1) is 6.58 Å². The van der Waals surface area contributed by atoms with Gasteiger partial charge in [0.1, 0.15) is 0 Å². The lowest BCUT2D eigenvalue weighted by Crippen LogP contribution is -2.36. The van der Waals surface area contributed by atoms with Gasteiger partial charge in [-0.2, -0.15) is 0 Å². The Bertz CT molecular complexity index is 137. The van der Waals surface area contributed by atoms with Crippen molar-refractivity contribution in [2.75, 3.05) is 6.61 Å². The van der Waals surface area contributed by atoms with E-state index in [2.05, 4.69) is 33.0 Å². The third-order valence-corrected chi connectivity index (χ3v) is 6.66. The largest absolute Gasteiger partial charge is 0.413 e. The Balaban J connectivity index is 4.18. The molecule has 0 saturated carbocycles. The summed E-state index contributed by atoms with van der Waals surface area (Å²) >= 11 is 0. The van der Waals surface area contributed by atoms with E-state index in [1.807, 2.05) is 0 Å². The van der Waals surface area contributed by atoms with Crippen LogP contribution in [0, 0.1) is 0 Å². The molecule has 0 spiro atoms. The van der Waals surface area contributed by atoms with E-state index in [0.717, 1.165) is 13.0 Å². The average molecular weight is 214 g/mol. The second-order valence-corrected chi connectivity index (χ2v) is 7.80. The van der Waals surface area contributed by atoms with E-state index in [9.17, 15) is 0 Å². The smallest absolute Gasteiger partial charge is 0.216 e. The highest BCUT2D eigenvalue weighted by Crippen LogP contribution is 2.23. The monoisotopic (exact) mass is 214 g/mol. The standard InChI is InChI=1S/C12H26OSi/c1-5-9-12-14(8-4,11-7-3)13-10-6-2/h8H,4-7,9-12H2,1-3H3. The average Bonchev–Trinajstić information content (AvgIpc) is 2.22. The molecule has 1 nitrogen and oxygen atoms in total. The summed E-state index contributed by atoms with van der Waals surface area (Å²) in [6.45, 7) is 11.6. The van der Waals surface area contributed by atoms with Crippen LogP contribution in [0.4, 0.5) is 0 Å². The van der Waals surface area contributed by atoms with Crippen LogP contribution < -0.4 is 0 Å². The van der Waals surface area contributed by atoms with E-state index < -0.39 is 8.32 Å². The summed E-state index contributed by atoms with van der Waals surface area (Å²) in [7, 11) is -1.55. The Morgan fingerprint density at radius 3 is 2.21 bits per heavy atom. The molecule has 1 unspecified atom stereocenters. The summed E-state index contributed by atoms with van der Waals surface area (Å²) in [5.74, 6) is 0. The van der Waals surface area contributed by atoms with E-state index in [1.165, 1.54) is 31.4 Å². The molecule has 0 heterocycles. The summed E-state index contributed by atoms with van der Waals surface area (Å²) in [4.78, 5) is 0. The Labute approximate surface area is 90.7 Å². The molecule has 0 aromatic carbocycles. The van der Waals surface area contributed by atoms with E-state index in [0.29, 0.717) is 0 Å². The van der Waals surface area contributed by atoms with Crippen LogP contribution >= 0.6 is 0 Å². The zero-order valence-electron chi connectivity index (χ0n) is 10.1. The number of hydrogen-bond acceptors (Lipinski definition) is 1. The predicted molar refractivity (Wildman–Crippen MR) is 67.0 cm³/mol. The molecule has 0 aliphatic carbocycles. The Kier molecular flexibility index (Phi) is 8.19. The fourth-order valence-electron chi connectivity index (χ4n) is 1.74. The van der Waals surface area contributed by atoms with Gasteiger partial charge in [-0.3, -0.25) is 0 Å². The minimum absolute atomic E-state index is 0.919. The van der Waals surface area contributed by atoms with Crippen LogP contribution in [0.25, 0.3) is 0 Å². The van der Waals surface area contributed by atoms with Crippen molar-refractivity contribution in [3.05, 3.63) is 12.3 Å². The topological polar surface area (TPSA) is 9.23 Å². The van der Waals surface area contributed by atoms with Crippen LogP contribution in [0.5, 0.6) is 0 Å². The van der Waals surface area contributed by atoms with E-state index in [-0.39, 0.29) is 0 Å². The zero-order chi connectivity index (χ0) is 10.9. The van der Waals surface area contributed by atoms with Gasteiger partial charge in [-0.1, -0.05) is 45.7 Å². The Morgan fingerprint density at radius 2 is 1.79 bits per heavy atom. The lowest BCUT2D eigenvalue weighted by molar-refractivity contribution is 0.304. The predicted octanol–water partition coefficient (Wildman–Crippen LogP) is 4.29. The van der Waals surface area contributed by atoms with Gasteiger partial charge < -0.3 is 4.43 Å². The Morgan fingerprint density at radius 1 is 1.07 bits per heavy atom. The maximum Gasteiger partial charge on any atom is 0.216 e. The van der Waals surface area contributed by atoms with Crippen molar-refractivity contribution in [2.24, 2.45) is 0 Å². The molecule has 0 saturated heterocycles. The second-order valence-electron chi connectivity index (χ2n) is 3.97. The highest BCUT2D eigenvalue weighted by atomic mass is 28.4. The van der Waals surface area contributed by atoms with Crippen molar-refractivity contribution in [3.8, 4) is 0 Å². The molecule has 0 fully saturated rings. The molecule has 0 bridgehead atoms. The molecule has 0 aliphatic rings. The van der Waals surface area contributed by atoms with Crippen molar-refractivity contribution in [1.29, 1.82) is 0 Å². The molecule has 0 N–H and O–H groups in total. The minimum atomic E-state index is -1.55. The molecule has 0 aromatic heterocycles. The third-order valence-electron chi connectivity index (χ3n) is 2.59. The molecule has 14 heavy (non-hydrogen) atoms. The quantitative estimate of drug-likeness (QED) is 0.520. The first-order valence-corrected chi connectivity index (χ1v) is 8.42. The molecule has 0 rings (SSSR count). The molecule has 0 amide bonds. The van der Waals surface area contributed by atoms with E-state index in [4.69, 9.17) is 4.43 Å². The van der Waals surface area contributed by atoms with Gasteiger partial charge in [0.2, 0.25) is 8.32 Å². The molecular weight excluding hydrogens is 188 g/mol. The minimum Gasteiger partial charge on any atom is -0.413 e. The van der Waals surface area contributed by atoms with Gasteiger partial charge in [0.05, 0.1) is 0 Å². The summed E-state index contributed by atoms with van der Waals surface area (Å²) < 4.78 is 6.09. The maximum atomic E-state index is 6.09. The van der Waals surface area contributed by atoms with Crippen molar-refractivity contribution in [1.82, 2.24) is 0 Å². The second kappa shape index (κ2) is 8.24. The normalized spacial score (nSPS) is 15.1. The highest BCUT2D eigenvalue weighted by molar-refractivity contribution is 6.78. The Hall–Kier alpha value is -0.0831. The van der Waals surface area contributed by atoms with Crippen molar-refractivity contribution >= 4 is 8.32 Å². The van der Waals surface area contributed by atoms with Gasteiger partial charge >= 0.3 is 0 Å². The third kappa shape index (κ3) is 4.96. The fraction of sp³-hybridized carbons (Fsp3) is 0.833. The molecular formula is C12H26OSi. The SMILES string of the molecule is C=C[Si](CCC)(CCCC)OCCC. The highest BCUT2D eigenvalue weighted by Gasteiger charge is 2.29. The van der Waals surface area contributed by atoms with E-state index in [1.54, 1.807) is 0 Å². The summed E-state index contributed by atoms with van der Waals surface area (Å²) in [5, 5.41) is 0. The van der Waals surface area contributed by atoms with Crippen LogP contribution in [0.15, 0.2) is 12.3 Å². The molecule has 1 atom stereocenters. The lowest BCUT2D eigenvalue weighted by Gasteiger charge is -2.27. The van der Waals surface area contributed by atoms with Crippen molar-refractivity contribution in [2.45, 2.75) is 58.5 Å². The molecule has 0 aliphatic heterocycles. The first-order chi connectivity index (χ1) is 6.74. The summed E-state index contributed by atoms with van der Waals surface area (Å²) in [5.41, 5.74) is 2.15. The summed E-state index contributed by atoms with van der Waals surface area (Å²) in [6.07, 6.45) is 4.91. The first-order valence-electron chi connectivity index (χ1n) is 6.02. The van der Waals surface area contributed by atoms with Crippen LogP contribution in [-0.4, -0.2) is 14.9 Å². The number of hydrogen-bond donors (Lipinski definition) is 0. The van der Waals surface area contributed by atoms with Gasteiger partial charge in [0.25, 0.3) is 0 Å². The molecule has 0 aromatic rings. The van der Waals surface area contributed by atoms with Gasteiger partial charge in [-0.25, -0.2) is 0 Å². The van der Waals surface area contributed by atoms with Crippen LogP contribution in [0.3, 0.4) is 0 Å². The lowest BCUT2D eigenvalue weighted by atomic mass is 10.4. The van der Waals surface area contributed by atoms with Gasteiger partial charge in [0, 0.05) is 6.61 Å². The molecule has 0 radical (unpaired) electrons. The first kappa shape index (κ1) is 13.9. The number of unbranched alkanes of at least 4 members (excludes halogenated alkanes) is 1. The number of rotatable bonds is 9. The van der Waals surface area contributed by atoms with Crippen molar-refractivity contribution in [3.63, 3.8) is 0 Å².